The molecule has 0 radical (unpaired) electrons. The number of guanidine groups is 1. The van der Waals surface area contributed by atoms with Gasteiger partial charge in [0.05, 0.1) is 13.7 Å². The number of hydrogen-bond donors (Lipinski definition) is 2. The van der Waals surface area contributed by atoms with Gasteiger partial charge in [0.2, 0.25) is 5.91 Å². The molecule has 1 aliphatic heterocycles. The van der Waals surface area contributed by atoms with Crippen molar-refractivity contribution in [3.05, 3.63) is 29.8 Å². The minimum absolute atomic E-state index is 0.0763. The predicted molar refractivity (Wildman–Crippen MR) is 120 cm³/mol. The molecule has 1 aliphatic rings. The lowest BCUT2D eigenvalue weighted by atomic mass is 9.85. The van der Waals surface area contributed by atoms with Crippen LogP contribution in [0.3, 0.4) is 0 Å². The summed E-state index contributed by atoms with van der Waals surface area (Å²) >= 11 is 0. The monoisotopic (exact) mass is 402 g/mol. The van der Waals surface area contributed by atoms with E-state index in [1.165, 1.54) is 12.0 Å². The average Bonchev–Trinajstić information content (AvgIpc) is 2.93. The molecular weight excluding hydrogens is 364 g/mol. The first-order valence-corrected chi connectivity index (χ1v) is 10.9. The van der Waals surface area contributed by atoms with E-state index in [0.29, 0.717) is 18.9 Å². The number of nitrogens with zero attached hydrogens (tertiary/aromatic N) is 2. The summed E-state index contributed by atoms with van der Waals surface area (Å²) in [6, 6.07) is 8.20. The van der Waals surface area contributed by atoms with Crippen molar-refractivity contribution in [1.29, 1.82) is 0 Å². The SMILES string of the molecule is CCNC(=NCC(C)(C)c1ccc(OC)cc1)NCCCN1CCCCCC1=O. The zero-order valence-electron chi connectivity index (χ0n) is 18.6. The van der Waals surface area contributed by atoms with Crippen LogP contribution in [0.15, 0.2) is 29.3 Å². The summed E-state index contributed by atoms with van der Waals surface area (Å²) in [6.07, 6.45) is 4.97. The summed E-state index contributed by atoms with van der Waals surface area (Å²) in [5.74, 6) is 2.01. The highest BCUT2D eigenvalue weighted by Gasteiger charge is 2.20. The van der Waals surface area contributed by atoms with Crippen LogP contribution in [0.5, 0.6) is 5.75 Å². The standard InChI is InChI=1S/C23H38N4O2/c1-5-24-22(25-15-9-17-27-16-8-6-7-10-21(27)28)26-18-23(2,3)19-11-13-20(29-4)14-12-19/h11-14H,5-10,15-18H2,1-4H3,(H2,24,25,26). The Bertz CT molecular complexity index is 655. The van der Waals surface area contributed by atoms with Gasteiger partial charge in [-0.05, 0) is 43.9 Å². The molecule has 0 bridgehead atoms. The van der Waals surface area contributed by atoms with Gasteiger partial charge in [0.15, 0.2) is 5.96 Å². The molecule has 1 amide bonds. The molecule has 2 N–H and O–H groups in total. The summed E-state index contributed by atoms with van der Waals surface area (Å²) < 4.78 is 5.25. The molecule has 6 heteroatoms. The summed E-state index contributed by atoms with van der Waals surface area (Å²) in [7, 11) is 1.68. The Hall–Kier alpha value is -2.24. The molecule has 1 saturated heterocycles. The maximum Gasteiger partial charge on any atom is 0.222 e. The van der Waals surface area contributed by atoms with Crippen molar-refractivity contribution in [3.8, 4) is 5.75 Å². The highest BCUT2D eigenvalue weighted by Crippen LogP contribution is 2.25. The van der Waals surface area contributed by atoms with Crippen LogP contribution in [0.1, 0.15) is 58.4 Å². The van der Waals surface area contributed by atoms with Crippen molar-refractivity contribution in [3.63, 3.8) is 0 Å². The maximum atomic E-state index is 12.1. The van der Waals surface area contributed by atoms with Gasteiger partial charge in [-0.1, -0.05) is 32.4 Å². The first-order chi connectivity index (χ1) is 14.0. The normalized spacial score (nSPS) is 15.8. The number of ether oxygens (including phenoxy) is 1. The molecule has 162 valence electrons. The first kappa shape index (κ1) is 23.0. The van der Waals surface area contributed by atoms with Crippen LogP contribution in [0.25, 0.3) is 0 Å². The predicted octanol–water partition coefficient (Wildman–Crippen LogP) is 3.32. The number of carbonyl (C=O) groups is 1. The number of likely N-dealkylation sites (tertiary alicyclic amines) is 1. The van der Waals surface area contributed by atoms with Crippen molar-refractivity contribution in [2.75, 3.05) is 39.8 Å². The van der Waals surface area contributed by atoms with Crippen molar-refractivity contribution in [1.82, 2.24) is 15.5 Å². The third-order valence-electron chi connectivity index (χ3n) is 5.42. The van der Waals surface area contributed by atoms with Gasteiger partial charge < -0.3 is 20.3 Å². The van der Waals surface area contributed by atoms with Crippen LogP contribution in [0.2, 0.25) is 0 Å². The van der Waals surface area contributed by atoms with Crippen LogP contribution in [-0.2, 0) is 10.2 Å². The van der Waals surface area contributed by atoms with Crippen molar-refractivity contribution < 1.29 is 9.53 Å². The molecule has 1 fully saturated rings. The topological polar surface area (TPSA) is 66.0 Å². The molecule has 2 rings (SSSR count). The summed E-state index contributed by atoms with van der Waals surface area (Å²) in [5, 5.41) is 6.73. The Balaban J connectivity index is 1.85. The Kier molecular flexibility index (Phi) is 9.29. The number of nitrogens with one attached hydrogen (secondary N) is 2. The molecule has 0 spiro atoms. The number of methoxy groups -OCH3 is 1. The molecule has 1 heterocycles. The molecule has 1 aromatic carbocycles. The fraction of sp³-hybridized carbons (Fsp3) is 0.652. The van der Waals surface area contributed by atoms with E-state index >= 15 is 0 Å². The quantitative estimate of drug-likeness (QED) is 0.378. The van der Waals surface area contributed by atoms with E-state index in [9.17, 15) is 4.79 Å². The number of amides is 1. The van der Waals surface area contributed by atoms with E-state index in [1.807, 2.05) is 17.0 Å². The van der Waals surface area contributed by atoms with Gasteiger partial charge >= 0.3 is 0 Å². The molecule has 0 unspecified atom stereocenters. The van der Waals surface area contributed by atoms with Gasteiger partial charge in [0.1, 0.15) is 5.75 Å². The number of carbonyl (C=O) groups excluding carboxylic acids is 1. The largest absolute Gasteiger partial charge is 0.497 e. The zero-order chi connectivity index (χ0) is 21.1. The van der Waals surface area contributed by atoms with E-state index in [1.54, 1.807) is 7.11 Å². The minimum Gasteiger partial charge on any atom is -0.497 e. The third-order valence-corrected chi connectivity index (χ3v) is 5.42. The second kappa shape index (κ2) is 11.7. The molecule has 1 aromatic rings. The Morgan fingerprint density at radius 1 is 1.17 bits per heavy atom. The maximum absolute atomic E-state index is 12.1. The lowest BCUT2D eigenvalue weighted by molar-refractivity contribution is -0.130. The van der Waals surface area contributed by atoms with Crippen LogP contribution in [0.4, 0.5) is 0 Å². The van der Waals surface area contributed by atoms with Gasteiger partial charge in [-0.3, -0.25) is 9.79 Å². The van der Waals surface area contributed by atoms with Crippen LogP contribution >= 0.6 is 0 Å². The van der Waals surface area contributed by atoms with E-state index < -0.39 is 0 Å². The number of benzene rings is 1. The summed E-state index contributed by atoms with van der Waals surface area (Å²) in [4.78, 5) is 18.9. The van der Waals surface area contributed by atoms with Crippen molar-refractivity contribution >= 4 is 11.9 Å². The van der Waals surface area contributed by atoms with Crippen molar-refractivity contribution in [2.45, 2.75) is 58.3 Å². The smallest absolute Gasteiger partial charge is 0.222 e. The number of rotatable bonds is 9. The fourth-order valence-corrected chi connectivity index (χ4v) is 3.50. The third kappa shape index (κ3) is 7.59. The molecule has 0 aliphatic carbocycles. The summed E-state index contributed by atoms with van der Waals surface area (Å²) in [6.45, 7) is 10.5. The van der Waals surface area contributed by atoms with Crippen LogP contribution in [-0.4, -0.2) is 56.6 Å². The second-order valence-electron chi connectivity index (χ2n) is 8.28. The fourth-order valence-electron chi connectivity index (χ4n) is 3.50. The first-order valence-electron chi connectivity index (χ1n) is 10.9. The Labute approximate surface area is 176 Å². The lowest BCUT2D eigenvalue weighted by Crippen LogP contribution is -2.40. The second-order valence-corrected chi connectivity index (χ2v) is 8.28. The van der Waals surface area contributed by atoms with E-state index in [2.05, 4.69) is 43.5 Å². The molecule has 0 atom stereocenters. The molecule has 29 heavy (non-hydrogen) atoms. The minimum atomic E-state index is -0.0763. The molecule has 0 saturated carbocycles. The van der Waals surface area contributed by atoms with Crippen LogP contribution in [0, 0.1) is 0 Å². The highest BCUT2D eigenvalue weighted by molar-refractivity contribution is 5.79. The van der Waals surface area contributed by atoms with Gasteiger partial charge in [-0.2, -0.15) is 0 Å². The van der Waals surface area contributed by atoms with E-state index in [0.717, 1.165) is 57.2 Å². The van der Waals surface area contributed by atoms with Gasteiger partial charge in [-0.15, -0.1) is 0 Å². The van der Waals surface area contributed by atoms with E-state index in [-0.39, 0.29) is 5.41 Å². The molecule has 0 aromatic heterocycles. The van der Waals surface area contributed by atoms with Gasteiger partial charge in [0.25, 0.3) is 0 Å². The van der Waals surface area contributed by atoms with E-state index in [4.69, 9.17) is 9.73 Å². The molecular formula is C23H38N4O2. The van der Waals surface area contributed by atoms with Crippen molar-refractivity contribution in [2.24, 2.45) is 4.99 Å². The zero-order valence-corrected chi connectivity index (χ0v) is 18.6. The lowest BCUT2D eigenvalue weighted by Gasteiger charge is -2.24. The number of hydrogen-bond acceptors (Lipinski definition) is 3. The van der Waals surface area contributed by atoms with Gasteiger partial charge in [-0.25, -0.2) is 0 Å². The Morgan fingerprint density at radius 2 is 1.93 bits per heavy atom. The summed E-state index contributed by atoms with van der Waals surface area (Å²) in [5.41, 5.74) is 1.16. The molecule has 6 nitrogen and oxygen atoms in total. The van der Waals surface area contributed by atoms with Gasteiger partial charge in [0, 0.05) is 38.0 Å². The Morgan fingerprint density at radius 3 is 2.62 bits per heavy atom. The highest BCUT2D eigenvalue weighted by atomic mass is 16.5. The van der Waals surface area contributed by atoms with Crippen LogP contribution < -0.4 is 15.4 Å². The number of aliphatic imine (C=N–C) groups is 1. The average molecular weight is 403 g/mol.